The molecule has 1 amide bonds. The highest BCUT2D eigenvalue weighted by molar-refractivity contribution is 9.10. The van der Waals surface area contributed by atoms with Crippen LogP contribution in [0.1, 0.15) is 21.6 Å². The molecule has 0 spiro atoms. The van der Waals surface area contributed by atoms with E-state index in [2.05, 4.69) is 20.9 Å². The summed E-state index contributed by atoms with van der Waals surface area (Å²) in [5.74, 6) is 1.36. The summed E-state index contributed by atoms with van der Waals surface area (Å²) < 4.78 is 11.6. The number of H-pyrrole nitrogens is 1. The second kappa shape index (κ2) is 4.80. The molecule has 0 fully saturated rings. The largest absolute Gasteiger partial charge is 0.454 e. The van der Waals surface area contributed by atoms with Gasteiger partial charge in [-0.15, -0.1) is 0 Å². The predicted octanol–water partition coefficient (Wildman–Crippen LogP) is 2.70. The van der Waals surface area contributed by atoms with Crippen LogP contribution < -0.4 is 9.47 Å². The van der Waals surface area contributed by atoms with Crippen LogP contribution in [-0.4, -0.2) is 29.1 Å². The fourth-order valence-corrected chi connectivity index (χ4v) is 3.30. The number of nitrogens with one attached hydrogen (secondary N) is 1. The fraction of sp³-hybridized carbons (Fsp3) is 0.267. The minimum absolute atomic E-state index is 0.0243. The lowest BCUT2D eigenvalue weighted by molar-refractivity contribution is 0.0734. The van der Waals surface area contributed by atoms with E-state index in [1.807, 2.05) is 11.0 Å². The van der Waals surface area contributed by atoms with Crippen molar-refractivity contribution < 1.29 is 14.3 Å². The van der Waals surface area contributed by atoms with Crippen LogP contribution in [0.25, 0.3) is 0 Å². The number of nitrogens with zero attached hydrogens (tertiary/aromatic N) is 1. The van der Waals surface area contributed by atoms with Gasteiger partial charge in [0.05, 0.1) is 4.60 Å². The van der Waals surface area contributed by atoms with Gasteiger partial charge in [-0.25, -0.2) is 0 Å². The van der Waals surface area contributed by atoms with E-state index in [0.717, 1.165) is 11.0 Å². The lowest BCUT2D eigenvalue weighted by atomic mass is 10.1. The van der Waals surface area contributed by atoms with Crippen LogP contribution in [0.3, 0.4) is 0 Å². The van der Waals surface area contributed by atoms with Crippen molar-refractivity contribution in [3.8, 4) is 11.5 Å². The van der Waals surface area contributed by atoms with Gasteiger partial charge >= 0.3 is 0 Å². The second-order valence-electron chi connectivity index (χ2n) is 5.17. The maximum absolute atomic E-state index is 12.6. The van der Waals surface area contributed by atoms with Crippen molar-refractivity contribution in [3.63, 3.8) is 0 Å². The Morgan fingerprint density at radius 2 is 2.10 bits per heavy atom. The predicted molar refractivity (Wildman–Crippen MR) is 79.5 cm³/mol. The molecule has 1 aromatic carbocycles. The number of fused-ring (bicyclic) bond motifs is 2. The van der Waals surface area contributed by atoms with Gasteiger partial charge in [0.15, 0.2) is 11.5 Å². The van der Waals surface area contributed by atoms with Crippen LogP contribution in [0.4, 0.5) is 0 Å². The highest BCUT2D eigenvalue weighted by Gasteiger charge is 2.24. The van der Waals surface area contributed by atoms with Crippen molar-refractivity contribution >= 4 is 21.8 Å². The van der Waals surface area contributed by atoms with Gasteiger partial charge in [-0.05, 0) is 45.8 Å². The van der Waals surface area contributed by atoms with E-state index in [1.54, 1.807) is 18.2 Å². The molecule has 0 aliphatic carbocycles. The molecule has 6 heteroatoms. The van der Waals surface area contributed by atoms with Crippen molar-refractivity contribution in [2.45, 2.75) is 13.0 Å². The number of aromatic amines is 1. The number of hydrogen-bond acceptors (Lipinski definition) is 3. The smallest absolute Gasteiger partial charge is 0.254 e. The molecule has 0 saturated carbocycles. The van der Waals surface area contributed by atoms with Crippen LogP contribution in [0.15, 0.2) is 28.9 Å². The minimum Gasteiger partial charge on any atom is -0.454 e. The average molecular weight is 349 g/mol. The Balaban J connectivity index is 1.58. The number of amides is 1. The Bertz CT molecular complexity index is 726. The van der Waals surface area contributed by atoms with Crippen LogP contribution in [0, 0.1) is 0 Å². The summed E-state index contributed by atoms with van der Waals surface area (Å²) in [5.41, 5.74) is 3.01. The first kappa shape index (κ1) is 12.8. The molecular formula is C15H13BrN2O3. The monoisotopic (exact) mass is 348 g/mol. The Kier molecular flexibility index (Phi) is 2.92. The van der Waals surface area contributed by atoms with Crippen molar-refractivity contribution in [3.05, 3.63) is 45.7 Å². The maximum Gasteiger partial charge on any atom is 0.254 e. The summed E-state index contributed by atoms with van der Waals surface area (Å²) in [7, 11) is 0. The van der Waals surface area contributed by atoms with Gasteiger partial charge < -0.3 is 19.4 Å². The van der Waals surface area contributed by atoms with Crippen molar-refractivity contribution in [2.24, 2.45) is 0 Å². The number of rotatable bonds is 1. The average Bonchev–Trinajstić information content (AvgIpc) is 3.09. The number of halogens is 1. The summed E-state index contributed by atoms with van der Waals surface area (Å²) >= 11 is 3.44. The van der Waals surface area contributed by atoms with Gasteiger partial charge in [0.2, 0.25) is 6.79 Å². The Morgan fingerprint density at radius 1 is 1.24 bits per heavy atom. The van der Waals surface area contributed by atoms with E-state index in [0.29, 0.717) is 30.2 Å². The lowest BCUT2D eigenvalue weighted by Crippen LogP contribution is -2.35. The molecule has 0 saturated heterocycles. The highest BCUT2D eigenvalue weighted by atomic mass is 79.9. The summed E-state index contributed by atoms with van der Waals surface area (Å²) in [6.07, 6.45) is 0.844. The molecule has 108 valence electrons. The lowest BCUT2D eigenvalue weighted by Gasteiger charge is -2.27. The molecule has 1 N–H and O–H groups in total. The first-order valence-corrected chi connectivity index (χ1v) is 7.55. The van der Waals surface area contributed by atoms with E-state index in [9.17, 15) is 4.79 Å². The molecule has 2 aliphatic rings. The molecule has 0 unspecified atom stereocenters. The molecule has 0 atom stereocenters. The van der Waals surface area contributed by atoms with Gasteiger partial charge in [0, 0.05) is 30.8 Å². The van der Waals surface area contributed by atoms with E-state index in [-0.39, 0.29) is 12.7 Å². The topological polar surface area (TPSA) is 54.6 Å². The zero-order valence-corrected chi connectivity index (χ0v) is 12.8. The molecule has 2 aromatic rings. The number of benzene rings is 1. The number of hydrogen-bond donors (Lipinski definition) is 1. The quantitative estimate of drug-likeness (QED) is 0.861. The third-order valence-electron chi connectivity index (χ3n) is 3.86. The van der Waals surface area contributed by atoms with Gasteiger partial charge in [-0.2, -0.15) is 0 Å². The molecule has 4 rings (SSSR count). The number of carbonyl (C=O) groups is 1. The van der Waals surface area contributed by atoms with Crippen LogP contribution in [-0.2, 0) is 13.0 Å². The zero-order chi connectivity index (χ0) is 14.4. The minimum atomic E-state index is 0.0243. The van der Waals surface area contributed by atoms with Crippen molar-refractivity contribution in [1.82, 2.24) is 9.88 Å². The molecule has 2 aliphatic heterocycles. The molecule has 21 heavy (non-hydrogen) atoms. The summed E-state index contributed by atoms with van der Waals surface area (Å²) in [6.45, 7) is 1.56. The van der Waals surface area contributed by atoms with Crippen LogP contribution in [0.2, 0.25) is 0 Å². The van der Waals surface area contributed by atoms with Gasteiger partial charge in [-0.3, -0.25) is 4.79 Å². The summed E-state index contributed by atoms with van der Waals surface area (Å²) in [5, 5.41) is 0. The van der Waals surface area contributed by atoms with E-state index in [1.165, 1.54) is 11.3 Å². The summed E-state index contributed by atoms with van der Waals surface area (Å²) in [6, 6.07) is 7.37. The van der Waals surface area contributed by atoms with Crippen LogP contribution in [0.5, 0.6) is 11.5 Å². The normalized spacial score (nSPS) is 16.0. The Labute approximate surface area is 130 Å². The zero-order valence-electron chi connectivity index (χ0n) is 11.2. The first-order chi connectivity index (χ1) is 10.2. The highest BCUT2D eigenvalue weighted by Crippen LogP contribution is 2.33. The molecule has 5 nitrogen and oxygen atoms in total. The van der Waals surface area contributed by atoms with Gasteiger partial charge in [0.1, 0.15) is 0 Å². The number of carbonyl (C=O) groups excluding carboxylic acids is 1. The Hall–Kier alpha value is -1.95. The van der Waals surface area contributed by atoms with Crippen molar-refractivity contribution in [2.75, 3.05) is 13.3 Å². The Morgan fingerprint density at radius 3 is 3.00 bits per heavy atom. The first-order valence-electron chi connectivity index (χ1n) is 6.76. The van der Waals surface area contributed by atoms with Gasteiger partial charge in [-0.1, -0.05) is 0 Å². The standard InChI is InChI=1S/C15H13BrN2O3/c16-14-6-10-7-18(4-3-11(10)17-14)15(19)9-1-2-12-13(5-9)21-8-20-12/h1-2,5-6,17H,3-4,7-8H2. The SMILES string of the molecule is O=C(c1ccc2c(c1)OCO2)N1CCc2[nH]c(Br)cc2C1. The molecule has 1 aromatic heterocycles. The molecule has 0 radical (unpaired) electrons. The van der Waals surface area contributed by atoms with E-state index < -0.39 is 0 Å². The third-order valence-corrected chi connectivity index (χ3v) is 4.29. The van der Waals surface area contributed by atoms with Crippen LogP contribution >= 0.6 is 15.9 Å². The summed E-state index contributed by atoms with van der Waals surface area (Å²) in [4.78, 5) is 17.8. The van der Waals surface area contributed by atoms with E-state index >= 15 is 0 Å². The molecule has 0 bridgehead atoms. The van der Waals surface area contributed by atoms with Gasteiger partial charge in [0.25, 0.3) is 5.91 Å². The fourth-order valence-electron chi connectivity index (χ4n) is 2.78. The second-order valence-corrected chi connectivity index (χ2v) is 6.02. The van der Waals surface area contributed by atoms with E-state index in [4.69, 9.17) is 9.47 Å². The maximum atomic E-state index is 12.6. The van der Waals surface area contributed by atoms with Crippen molar-refractivity contribution in [1.29, 1.82) is 0 Å². The molecule has 3 heterocycles. The number of aromatic nitrogens is 1. The molecular weight excluding hydrogens is 336 g/mol. The third kappa shape index (κ3) is 2.19. The number of ether oxygens (including phenoxy) is 2.